The lowest BCUT2D eigenvalue weighted by atomic mass is 9.79. The van der Waals surface area contributed by atoms with Crippen LogP contribution in [0.15, 0.2) is 18.2 Å². The molecule has 0 heterocycles. The number of benzene rings is 1. The van der Waals surface area contributed by atoms with Crippen LogP contribution in [0.4, 0.5) is 4.39 Å². The summed E-state index contributed by atoms with van der Waals surface area (Å²) in [5.74, 6) is -0.202. The van der Waals surface area contributed by atoms with Gasteiger partial charge in [0.05, 0.1) is 0 Å². The molecule has 3 heteroatoms. The van der Waals surface area contributed by atoms with Crippen LogP contribution < -0.4 is 0 Å². The van der Waals surface area contributed by atoms with E-state index in [1.807, 2.05) is 6.92 Å². The summed E-state index contributed by atoms with van der Waals surface area (Å²) >= 11 is 0. The number of hydrogen-bond acceptors (Lipinski definition) is 2. The average molecular weight is 264 g/mol. The van der Waals surface area contributed by atoms with Crippen LogP contribution in [0, 0.1) is 12.7 Å². The lowest BCUT2D eigenvalue weighted by molar-refractivity contribution is -0.144. The lowest BCUT2D eigenvalue weighted by Gasteiger charge is -2.34. The largest absolute Gasteiger partial charge is 0.370 e. The van der Waals surface area contributed by atoms with Gasteiger partial charge < -0.3 is 4.74 Å². The van der Waals surface area contributed by atoms with E-state index in [4.69, 9.17) is 4.74 Å². The zero-order valence-electron chi connectivity index (χ0n) is 11.7. The maximum Gasteiger partial charge on any atom is 0.168 e. The Balaban J connectivity index is 2.17. The molecule has 1 aromatic rings. The molecule has 0 unspecified atom stereocenters. The summed E-state index contributed by atoms with van der Waals surface area (Å²) in [6, 6.07) is 4.60. The van der Waals surface area contributed by atoms with Crippen molar-refractivity contribution in [3.05, 3.63) is 35.1 Å². The minimum Gasteiger partial charge on any atom is -0.370 e. The number of aryl methyl sites for hydroxylation is 1. The molecule has 104 valence electrons. The van der Waals surface area contributed by atoms with Crippen molar-refractivity contribution in [3.63, 3.8) is 0 Å². The lowest BCUT2D eigenvalue weighted by Crippen LogP contribution is -2.43. The second kappa shape index (κ2) is 5.83. The Morgan fingerprint density at radius 3 is 2.63 bits per heavy atom. The predicted octanol–water partition coefficient (Wildman–Crippen LogP) is 3.60. The van der Waals surface area contributed by atoms with E-state index in [0.717, 1.165) is 43.2 Å². The van der Waals surface area contributed by atoms with Gasteiger partial charge in [0, 0.05) is 13.5 Å². The first-order valence-corrected chi connectivity index (χ1v) is 6.91. The number of halogens is 1. The summed E-state index contributed by atoms with van der Waals surface area (Å²) in [5, 5.41) is 0. The van der Waals surface area contributed by atoms with E-state index < -0.39 is 5.60 Å². The predicted molar refractivity (Wildman–Crippen MR) is 72.7 cm³/mol. The molecule has 1 fully saturated rings. The molecule has 0 saturated heterocycles. The van der Waals surface area contributed by atoms with Crippen molar-refractivity contribution in [2.45, 2.75) is 51.0 Å². The third-order valence-corrected chi connectivity index (χ3v) is 4.22. The van der Waals surface area contributed by atoms with E-state index in [2.05, 4.69) is 0 Å². The Bertz CT molecular complexity index is 462. The highest BCUT2D eigenvalue weighted by Gasteiger charge is 2.39. The molecule has 0 aromatic heterocycles. The second-order valence-corrected chi connectivity index (χ2v) is 5.43. The molecular weight excluding hydrogens is 243 g/mol. The number of hydrogen-bond donors (Lipinski definition) is 0. The Kier molecular flexibility index (Phi) is 4.35. The molecule has 0 amide bonds. The van der Waals surface area contributed by atoms with Gasteiger partial charge in [0.1, 0.15) is 11.4 Å². The standard InChI is InChI=1S/C16H21FO2/c1-12-6-7-14(17)10-13(12)11-15(18)16(19-2)8-4-3-5-9-16/h6-7,10H,3-5,8-9,11H2,1-2H3. The zero-order chi connectivity index (χ0) is 13.9. The van der Waals surface area contributed by atoms with Crippen molar-refractivity contribution >= 4 is 5.78 Å². The van der Waals surface area contributed by atoms with Gasteiger partial charge in [-0.05, 0) is 43.0 Å². The molecule has 0 radical (unpaired) electrons. The smallest absolute Gasteiger partial charge is 0.168 e. The number of methoxy groups -OCH3 is 1. The number of ether oxygens (including phenoxy) is 1. The summed E-state index contributed by atoms with van der Waals surface area (Å²) < 4.78 is 18.8. The van der Waals surface area contributed by atoms with Gasteiger partial charge in [0.2, 0.25) is 0 Å². The van der Waals surface area contributed by atoms with Crippen molar-refractivity contribution in [1.29, 1.82) is 0 Å². The van der Waals surface area contributed by atoms with Crippen molar-refractivity contribution < 1.29 is 13.9 Å². The van der Waals surface area contributed by atoms with Crippen LogP contribution in [0.2, 0.25) is 0 Å². The summed E-state index contributed by atoms with van der Waals surface area (Å²) in [6.45, 7) is 1.91. The second-order valence-electron chi connectivity index (χ2n) is 5.43. The van der Waals surface area contributed by atoms with E-state index >= 15 is 0 Å². The Morgan fingerprint density at radius 1 is 1.32 bits per heavy atom. The van der Waals surface area contributed by atoms with E-state index in [9.17, 15) is 9.18 Å². The molecule has 0 bridgehead atoms. The number of rotatable bonds is 4. The third kappa shape index (κ3) is 3.03. The molecule has 19 heavy (non-hydrogen) atoms. The van der Waals surface area contributed by atoms with Gasteiger partial charge in [-0.3, -0.25) is 4.79 Å². The highest BCUT2D eigenvalue weighted by Crippen LogP contribution is 2.33. The number of ketones is 1. The van der Waals surface area contributed by atoms with E-state index in [1.54, 1.807) is 13.2 Å². The zero-order valence-corrected chi connectivity index (χ0v) is 11.7. The topological polar surface area (TPSA) is 26.3 Å². The fraction of sp³-hybridized carbons (Fsp3) is 0.562. The molecule has 2 rings (SSSR count). The van der Waals surface area contributed by atoms with Gasteiger partial charge >= 0.3 is 0 Å². The quantitative estimate of drug-likeness (QED) is 0.830. The molecule has 1 aromatic carbocycles. The Morgan fingerprint density at radius 2 is 2.00 bits per heavy atom. The molecule has 0 aliphatic heterocycles. The molecule has 0 atom stereocenters. The normalized spacial score (nSPS) is 18.3. The highest BCUT2D eigenvalue weighted by molar-refractivity contribution is 5.89. The van der Waals surface area contributed by atoms with Gasteiger partial charge in [0.15, 0.2) is 5.78 Å². The molecule has 0 N–H and O–H groups in total. The van der Waals surface area contributed by atoms with Crippen LogP contribution in [0.3, 0.4) is 0 Å². The van der Waals surface area contributed by atoms with Gasteiger partial charge in [-0.1, -0.05) is 25.3 Å². The highest BCUT2D eigenvalue weighted by atomic mass is 19.1. The minimum absolute atomic E-state index is 0.0865. The first kappa shape index (κ1) is 14.2. The molecule has 1 aliphatic carbocycles. The fourth-order valence-corrected chi connectivity index (χ4v) is 2.88. The first-order valence-electron chi connectivity index (χ1n) is 6.91. The maximum atomic E-state index is 13.3. The van der Waals surface area contributed by atoms with Crippen LogP contribution >= 0.6 is 0 Å². The van der Waals surface area contributed by atoms with Crippen LogP contribution in [-0.2, 0) is 16.0 Å². The van der Waals surface area contributed by atoms with Gasteiger partial charge in [-0.15, -0.1) is 0 Å². The molecule has 1 aliphatic rings. The van der Waals surface area contributed by atoms with Crippen LogP contribution in [-0.4, -0.2) is 18.5 Å². The van der Waals surface area contributed by atoms with E-state index in [-0.39, 0.29) is 18.0 Å². The van der Waals surface area contributed by atoms with Gasteiger partial charge in [-0.2, -0.15) is 0 Å². The number of carbonyl (C=O) groups excluding carboxylic acids is 1. The van der Waals surface area contributed by atoms with Gasteiger partial charge in [0.25, 0.3) is 0 Å². The molecular formula is C16H21FO2. The monoisotopic (exact) mass is 264 g/mol. The Hall–Kier alpha value is -1.22. The van der Waals surface area contributed by atoms with E-state index in [0.29, 0.717) is 0 Å². The molecule has 1 saturated carbocycles. The van der Waals surface area contributed by atoms with Crippen LogP contribution in [0.1, 0.15) is 43.2 Å². The summed E-state index contributed by atoms with van der Waals surface area (Å²) in [6.07, 6.45) is 5.06. The summed E-state index contributed by atoms with van der Waals surface area (Å²) in [5.41, 5.74) is 1.08. The van der Waals surface area contributed by atoms with Crippen molar-refractivity contribution in [2.75, 3.05) is 7.11 Å². The van der Waals surface area contributed by atoms with Crippen LogP contribution in [0.5, 0.6) is 0 Å². The number of Topliss-reactive ketones (excluding diaryl/α,β-unsaturated/α-hetero) is 1. The molecule has 2 nitrogen and oxygen atoms in total. The number of carbonyl (C=O) groups is 1. The average Bonchev–Trinajstić information content (AvgIpc) is 2.43. The van der Waals surface area contributed by atoms with E-state index in [1.165, 1.54) is 12.1 Å². The fourth-order valence-electron chi connectivity index (χ4n) is 2.88. The third-order valence-electron chi connectivity index (χ3n) is 4.22. The summed E-state index contributed by atoms with van der Waals surface area (Å²) in [4.78, 5) is 12.5. The first-order chi connectivity index (χ1) is 9.07. The Labute approximate surface area is 114 Å². The van der Waals surface area contributed by atoms with Crippen molar-refractivity contribution in [3.8, 4) is 0 Å². The summed E-state index contributed by atoms with van der Waals surface area (Å²) in [7, 11) is 1.61. The van der Waals surface area contributed by atoms with Crippen molar-refractivity contribution in [2.24, 2.45) is 0 Å². The van der Waals surface area contributed by atoms with Gasteiger partial charge in [-0.25, -0.2) is 4.39 Å². The van der Waals surface area contributed by atoms with Crippen LogP contribution in [0.25, 0.3) is 0 Å². The maximum absolute atomic E-state index is 13.3. The molecule has 0 spiro atoms. The minimum atomic E-state index is -0.642. The van der Waals surface area contributed by atoms with Crippen molar-refractivity contribution in [1.82, 2.24) is 0 Å². The SMILES string of the molecule is COC1(C(=O)Cc2cc(F)ccc2C)CCCCC1.